The van der Waals surface area contributed by atoms with Gasteiger partial charge < -0.3 is 15.3 Å². The molecule has 1 aliphatic carbocycles. The first-order chi connectivity index (χ1) is 11.7. The molecule has 2 fully saturated rings. The summed E-state index contributed by atoms with van der Waals surface area (Å²) in [5.41, 5.74) is 2.87. The second-order valence-corrected chi connectivity index (χ2v) is 6.93. The Hall–Kier alpha value is -2.49. The quantitative estimate of drug-likeness (QED) is 0.905. The number of hydrogen-bond donors (Lipinski definition) is 2. The van der Waals surface area contributed by atoms with Crippen molar-refractivity contribution >= 4 is 17.3 Å². The van der Waals surface area contributed by atoms with Crippen molar-refractivity contribution in [2.24, 2.45) is 5.92 Å². The molecule has 1 heterocycles. The molecule has 124 valence electrons. The fraction of sp³-hybridized carbons (Fsp3) is 0.350. The van der Waals surface area contributed by atoms with Gasteiger partial charge in [0.2, 0.25) is 5.91 Å². The summed E-state index contributed by atoms with van der Waals surface area (Å²) in [6.07, 6.45) is 4.28. The van der Waals surface area contributed by atoms with Gasteiger partial charge in [-0.15, -0.1) is 0 Å². The number of amides is 1. The zero-order valence-electron chi connectivity index (χ0n) is 13.6. The second kappa shape index (κ2) is 6.19. The number of nitrogens with zero attached hydrogens (tertiary/aromatic N) is 1. The molecule has 2 unspecified atom stereocenters. The van der Waals surface area contributed by atoms with Crippen LogP contribution in [0.5, 0.6) is 5.75 Å². The van der Waals surface area contributed by atoms with Crippen molar-refractivity contribution < 1.29 is 9.90 Å². The first-order valence-corrected chi connectivity index (χ1v) is 8.62. The molecule has 2 atom stereocenters. The van der Waals surface area contributed by atoms with Crippen LogP contribution in [0.4, 0.5) is 11.4 Å². The summed E-state index contributed by atoms with van der Waals surface area (Å²) in [6.45, 7) is 1.17. The zero-order chi connectivity index (χ0) is 16.5. The van der Waals surface area contributed by atoms with Crippen LogP contribution in [0.25, 0.3) is 0 Å². The molecule has 0 spiro atoms. The van der Waals surface area contributed by atoms with Crippen molar-refractivity contribution in [3.63, 3.8) is 0 Å². The third-order valence-electron chi connectivity index (χ3n) is 5.17. The van der Waals surface area contributed by atoms with Gasteiger partial charge in [0.25, 0.3) is 0 Å². The lowest BCUT2D eigenvalue weighted by Gasteiger charge is -2.29. The van der Waals surface area contributed by atoms with Crippen LogP contribution in [0.2, 0.25) is 0 Å². The van der Waals surface area contributed by atoms with Crippen molar-refractivity contribution in [2.45, 2.75) is 31.7 Å². The number of nitrogens with one attached hydrogen (secondary N) is 1. The highest BCUT2D eigenvalue weighted by atomic mass is 16.3. The van der Waals surface area contributed by atoms with Crippen molar-refractivity contribution in [1.82, 2.24) is 0 Å². The smallest absolute Gasteiger partial charge is 0.228 e. The minimum Gasteiger partial charge on any atom is -0.508 e. The van der Waals surface area contributed by atoms with E-state index < -0.39 is 0 Å². The minimum atomic E-state index is -0.0754. The third kappa shape index (κ3) is 3.09. The van der Waals surface area contributed by atoms with E-state index in [1.54, 1.807) is 18.2 Å². The highest BCUT2D eigenvalue weighted by molar-refractivity contribution is 5.92. The largest absolute Gasteiger partial charge is 0.508 e. The summed E-state index contributed by atoms with van der Waals surface area (Å²) in [4.78, 5) is 14.6. The van der Waals surface area contributed by atoms with Crippen molar-refractivity contribution in [3.05, 3.63) is 54.1 Å². The predicted octanol–water partition coefficient (Wildman–Crippen LogP) is 3.56. The maximum atomic E-state index is 12.1. The molecule has 2 aromatic rings. The Morgan fingerprint density at radius 3 is 2.67 bits per heavy atom. The molecule has 4 rings (SSSR count). The van der Waals surface area contributed by atoms with E-state index in [9.17, 15) is 9.90 Å². The molecule has 1 amide bonds. The fourth-order valence-electron chi connectivity index (χ4n) is 4.03. The van der Waals surface area contributed by atoms with E-state index in [4.69, 9.17) is 0 Å². The summed E-state index contributed by atoms with van der Waals surface area (Å²) in [7, 11) is 0. The molecule has 4 nitrogen and oxygen atoms in total. The van der Waals surface area contributed by atoms with E-state index in [0.717, 1.165) is 17.2 Å². The number of hydrogen-bond acceptors (Lipinski definition) is 3. The lowest BCUT2D eigenvalue weighted by atomic mass is 10.1. The number of phenolic OH excluding ortho intramolecular Hbond substituents is 1. The number of anilines is 2. The SMILES string of the molecule is O=C(Cc1cccc(O)c1)Nc1ccc(N2CC3CCC2C3)cc1. The van der Waals surface area contributed by atoms with E-state index in [1.165, 1.54) is 31.5 Å². The molecule has 1 saturated carbocycles. The van der Waals surface area contributed by atoms with Crippen LogP contribution in [0.3, 0.4) is 0 Å². The molecule has 2 N–H and O–H groups in total. The van der Waals surface area contributed by atoms with Crippen LogP contribution in [0.1, 0.15) is 24.8 Å². The van der Waals surface area contributed by atoms with Gasteiger partial charge in [-0.1, -0.05) is 12.1 Å². The van der Waals surface area contributed by atoms with Gasteiger partial charge >= 0.3 is 0 Å². The maximum Gasteiger partial charge on any atom is 0.228 e. The summed E-state index contributed by atoms with van der Waals surface area (Å²) >= 11 is 0. The minimum absolute atomic E-state index is 0.0754. The Kier molecular flexibility index (Phi) is 3.89. The van der Waals surface area contributed by atoms with Gasteiger partial charge in [0, 0.05) is 24.0 Å². The number of carbonyl (C=O) groups excluding carboxylic acids is 1. The molecule has 0 radical (unpaired) electrons. The summed E-state index contributed by atoms with van der Waals surface area (Å²) in [6, 6.07) is 15.7. The van der Waals surface area contributed by atoms with Gasteiger partial charge in [-0.2, -0.15) is 0 Å². The highest BCUT2D eigenvalue weighted by Gasteiger charge is 2.37. The summed E-state index contributed by atoms with van der Waals surface area (Å²) in [5.74, 6) is 0.981. The predicted molar refractivity (Wildman–Crippen MR) is 95.4 cm³/mol. The Morgan fingerprint density at radius 2 is 2.00 bits per heavy atom. The molecular weight excluding hydrogens is 300 g/mol. The first kappa shape index (κ1) is 15.1. The normalized spacial score (nSPS) is 21.9. The molecule has 1 aliphatic heterocycles. The maximum absolute atomic E-state index is 12.1. The van der Waals surface area contributed by atoms with Crippen LogP contribution in [-0.2, 0) is 11.2 Å². The van der Waals surface area contributed by atoms with E-state index in [1.807, 2.05) is 18.2 Å². The Bertz CT molecular complexity index is 742. The van der Waals surface area contributed by atoms with Gasteiger partial charge in [0.1, 0.15) is 5.75 Å². The number of aromatic hydroxyl groups is 1. The standard InChI is InChI=1S/C20H22N2O2/c23-19-3-1-2-14(11-19)12-20(24)21-16-5-8-17(9-6-16)22-13-15-4-7-18(22)10-15/h1-3,5-6,8-9,11,15,18,23H,4,7,10,12-13H2,(H,21,24). The lowest BCUT2D eigenvalue weighted by Crippen LogP contribution is -2.31. The number of piperidine rings is 1. The van der Waals surface area contributed by atoms with Gasteiger partial charge in [-0.05, 0) is 67.1 Å². The Morgan fingerprint density at radius 1 is 1.17 bits per heavy atom. The van der Waals surface area contributed by atoms with Gasteiger partial charge in [-0.3, -0.25) is 4.79 Å². The average Bonchev–Trinajstić information content (AvgIpc) is 3.18. The molecule has 1 saturated heterocycles. The van der Waals surface area contributed by atoms with Crippen LogP contribution < -0.4 is 10.2 Å². The molecular formula is C20H22N2O2. The van der Waals surface area contributed by atoms with E-state index >= 15 is 0 Å². The zero-order valence-corrected chi connectivity index (χ0v) is 13.6. The fourth-order valence-corrected chi connectivity index (χ4v) is 4.03. The van der Waals surface area contributed by atoms with Crippen LogP contribution in [0, 0.1) is 5.92 Å². The van der Waals surface area contributed by atoms with Crippen molar-refractivity contribution in [2.75, 3.05) is 16.8 Å². The average molecular weight is 322 g/mol. The molecule has 2 aromatic carbocycles. The second-order valence-electron chi connectivity index (χ2n) is 6.93. The molecule has 2 aliphatic rings. The monoisotopic (exact) mass is 322 g/mol. The van der Waals surface area contributed by atoms with Crippen LogP contribution >= 0.6 is 0 Å². The molecule has 4 heteroatoms. The molecule has 0 aromatic heterocycles. The highest BCUT2D eigenvalue weighted by Crippen LogP contribution is 2.40. The Labute approximate surface area is 142 Å². The number of carbonyl (C=O) groups is 1. The third-order valence-corrected chi connectivity index (χ3v) is 5.17. The molecule has 2 bridgehead atoms. The summed E-state index contributed by atoms with van der Waals surface area (Å²) in [5, 5.41) is 12.4. The van der Waals surface area contributed by atoms with Crippen molar-refractivity contribution in [3.8, 4) is 5.75 Å². The van der Waals surface area contributed by atoms with Crippen LogP contribution in [-0.4, -0.2) is 23.6 Å². The number of benzene rings is 2. The van der Waals surface area contributed by atoms with E-state index in [-0.39, 0.29) is 18.1 Å². The lowest BCUT2D eigenvalue weighted by molar-refractivity contribution is -0.115. The van der Waals surface area contributed by atoms with Crippen LogP contribution in [0.15, 0.2) is 48.5 Å². The van der Waals surface area contributed by atoms with Gasteiger partial charge in [-0.25, -0.2) is 0 Å². The topological polar surface area (TPSA) is 52.6 Å². The number of phenols is 1. The first-order valence-electron chi connectivity index (χ1n) is 8.62. The van der Waals surface area contributed by atoms with Crippen molar-refractivity contribution in [1.29, 1.82) is 0 Å². The van der Waals surface area contributed by atoms with Gasteiger partial charge in [0.15, 0.2) is 0 Å². The Balaban J connectivity index is 1.37. The van der Waals surface area contributed by atoms with E-state index in [0.29, 0.717) is 6.04 Å². The number of fused-ring (bicyclic) bond motifs is 2. The number of rotatable bonds is 4. The molecule has 24 heavy (non-hydrogen) atoms. The van der Waals surface area contributed by atoms with E-state index in [2.05, 4.69) is 22.3 Å². The van der Waals surface area contributed by atoms with Gasteiger partial charge in [0.05, 0.1) is 6.42 Å². The summed E-state index contributed by atoms with van der Waals surface area (Å²) < 4.78 is 0.